The highest BCUT2D eigenvalue weighted by molar-refractivity contribution is 6.24. The maximum absolute atomic E-state index is 14.2. The zero-order chi connectivity index (χ0) is 23.9. The quantitative estimate of drug-likeness (QED) is 0.392. The first-order valence-electron chi connectivity index (χ1n) is 12.3. The molecule has 0 bridgehead atoms. The fourth-order valence-corrected chi connectivity index (χ4v) is 5.51. The number of para-hydroxylation sites is 1. The highest BCUT2D eigenvalue weighted by Crippen LogP contribution is 2.35. The molecule has 0 aliphatic carbocycles. The molecule has 1 N–H and O–H groups in total. The number of nitrogens with one attached hydrogen (secondary N) is 1. The minimum atomic E-state index is -0.146. The van der Waals surface area contributed by atoms with Gasteiger partial charge in [-0.25, -0.2) is 4.39 Å². The van der Waals surface area contributed by atoms with E-state index in [2.05, 4.69) is 58.4 Å². The minimum absolute atomic E-state index is 0.0178. The number of amides is 1. The molecular weight excluding hydrogens is 437 g/mol. The van der Waals surface area contributed by atoms with Crippen molar-refractivity contribution in [2.24, 2.45) is 0 Å². The summed E-state index contributed by atoms with van der Waals surface area (Å²) in [5.41, 5.74) is 6.15. The number of hydrogen-bond acceptors (Lipinski definition) is 3. The average molecular weight is 466 g/mol. The van der Waals surface area contributed by atoms with E-state index >= 15 is 0 Å². The van der Waals surface area contributed by atoms with Crippen molar-refractivity contribution >= 4 is 28.1 Å². The number of piperazine rings is 1. The lowest BCUT2D eigenvalue weighted by Crippen LogP contribution is -2.47. The van der Waals surface area contributed by atoms with Gasteiger partial charge in [-0.1, -0.05) is 54.6 Å². The van der Waals surface area contributed by atoms with Crippen LogP contribution in [0.4, 0.5) is 15.8 Å². The third-order valence-electron chi connectivity index (χ3n) is 7.54. The molecule has 35 heavy (non-hydrogen) atoms. The summed E-state index contributed by atoms with van der Waals surface area (Å²) in [6, 6.07) is 26.3. The van der Waals surface area contributed by atoms with Crippen molar-refractivity contribution in [3.8, 4) is 0 Å². The van der Waals surface area contributed by atoms with E-state index in [0.29, 0.717) is 11.7 Å². The largest absolute Gasteiger partial charge is 0.367 e. The van der Waals surface area contributed by atoms with Crippen molar-refractivity contribution < 1.29 is 9.18 Å². The summed E-state index contributed by atoms with van der Waals surface area (Å²) >= 11 is 0. The molecule has 0 spiro atoms. The number of anilines is 2. The summed E-state index contributed by atoms with van der Waals surface area (Å²) in [6.45, 7) is 5.72. The maximum atomic E-state index is 14.2. The number of carbonyl (C=O) groups is 1. The van der Waals surface area contributed by atoms with Gasteiger partial charge in [0.25, 0.3) is 5.91 Å². The van der Waals surface area contributed by atoms with E-state index in [9.17, 15) is 9.18 Å². The maximum Gasteiger partial charge on any atom is 0.256 e. The molecule has 1 amide bonds. The zero-order valence-electron chi connectivity index (χ0n) is 19.8. The molecule has 0 unspecified atom stereocenters. The van der Waals surface area contributed by atoms with Gasteiger partial charge in [-0.15, -0.1) is 0 Å². The number of benzene rings is 4. The van der Waals surface area contributed by atoms with Gasteiger partial charge in [0, 0.05) is 48.9 Å². The van der Waals surface area contributed by atoms with Gasteiger partial charge in [0.2, 0.25) is 0 Å². The van der Waals surface area contributed by atoms with Crippen LogP contribution in [0.15, 0.2) is 78.9 Å². The summed E-state index contributed by atoms with van der Waals surface area (Å²) in [7, 11) is 0. The van der Waals surface area contributed by atoms with E-state index in [-0.39, 0.29) is 11.7 Å². The van der Waals surface area contributed by atoms with Gasteiger partial charge in [-0.3, -0.25) is 9.69 Å². The van der Waals surface area contributed by atoms with Crippen molar-refractivity contribution in [2.45, 2.75) is 19.4 Å². The lowest BCUT2D eigenvalue weighted by atomic mass is 9.95. The molecule has 176 valence electrons. The molecule has 0 saturated carbocycles. The molecule has 5 heteroatoms. The van der Waals surface area contributed by atoms with Crippen LogP contribution in [-0.4, -0.2) is 37.0 Å². The number of nitrogens with zero attached hydrogens (tertiary/aromatic N) is 2. The predicted octanol–water partition coefficient (Wildman–Crippen LogP) is 6.02. The van der Waals surface area contributed by atoms with Crippen molar-refractivity contribution in [3.05, 3.63) is 107 Å². The SMILES string of the molecule is C[C@@H](c1ccc(Cc2ccc3c4c(cccc24)C(=O)N3)cc1)N1CCN(c2ccccc2F)CC1. The Labute approximate surface area is 205 Å². The summed E-state index contributed by atoms with van der Waals surface area (Å²) in [5.74, 6) is -0.163. The van der Waals surface area contributed by atoms with Crippen LogP contribution in [0, 0.1) is 5.82 Å². The topological polar surface area (TPSA) is 35.6 Å². The normalized spacial score (nSPS) is 16.5. The molecule has 4 aromatic rings. The Morgan fingerprint density at radius 3 is 2.43 bits per heavy atom. The Morgan fingerprint density at radius 1 is 0.886 bits per heavy atom. The molecule has 0 radical (unpaired) electrons. The highest BCUT2D eigenvalue weighted by Gasteiger charge is 2.24. The van der Waals surface area contributed by atoms with Crippen molar-refractivity contribution in [2.75, 3.05) is 36.4 Å². The summed E-state index contributed by atoms with van der Waals surface area (Å²) in [4.78, 5) is 16.8. The second kappa shape index (κ2) is 8.82. The van der Waals surface area contributed by atoms with Crippen molar-refractivity contribution in [1.82, 2.24) is 4.90 Å². The Hall–Kier alpha value is -3.70. The van der Waals surface area contributed by atoms with Gasteiger partial charge in [0.1, 0.15) is 5.82 Å². The fraction of sp³-hybridized carbons (Fsp3) is 0.233. The predicted molar refractivity (Wildman–Crippen MR) is 140 cm³/mol. The lowest BCUT2D eigenvalue weighted by Gasteiger charge is -2.39. The van der Waals surface area contributed by atoms with Crippen LogP contribution < -0.4 is 10.2 Å². The van der Waals surface area contributed by atoms with Crippen LogP contribution in [0.5, 0.6) is 0 Å². The Morgan fingerprint density at radius 2 is 1.66 bits per heavy atom. The molecule has 2 aliphatic heterocycles. The van der Waals surface area contributed by atoms with Crippen LogP contribution in [-0.2, 0) is 6.42 Å². The van der Waals surface area contributed by atoms with Gasteiger partial charge < -0.3 is 10.2 Å². The monoisotopic (exact) mass is 465 g/mol. The second-order valence-corrected chi connectivity index (χ2v) is 9.52. The number of carbonyl (C=O) groups excluding carboxylic acids is 1. The van der Waals surface area contributed by atoms with Crippen LogP contribution in [0.1, 0.15) is 40.0 Å². The molecule has 4 nitrogen and oxygen atoms in total. The smallest absolute Gasteiger partial charge is 0.256 e. The first kappa shape index (κ1) is 21.8. The minimum Gasteiger partial charge on any atom is -0.367 e. The standard InChI is InChI=1S/C30H28FN3O/c1-20(33-15-17-34(18-16-33)28-8-3-2-7-26(28)31)22-11-9-21(10-12-22)19-23-13-14-27-29-24(23)5-4-6-25(29)30(35)32-27/h2-14,20H,15-19H2,1H3,(H,32,35)/t20-/m0/s1. The lowest BCUT2D eigenvalue weighted by molar-refractivity contribution is 0.103. The van der Waals surface area contributed by atoms with Gasteiger partial charge in [0.15, 0.2) is 0 Å². The van der Waals surface area contributed by atoms with Crippen LogP contribution in [0.25, 0.3) is 10.8 Å². The average Bonchev–Trinajstić information content (AvgIpc) is 3.23. The van der Waals surface area contributed by atoms with Crippen LogP contribution in [0.2, 0.25) is 0 Å². The fourth-order valence-electron chi connectivity index (χ4n) is 5.51. The van der Waals surface area contributed by atoms with E-state index in [0.717, 1.165) is 54.6 Å². The molecule has 1 fully saturated rings. The van der Waals surface area contributed by atoms with Crippen molar-refractivity contribution in [3.63, 3.8) is 0 Å². The van der Waals surface area contributed by atoms with Gasteiger partial charge in [0.05, 0.1) is 5.69 Å². The Kier molecular flexibility index (Phi) is 5.50. The Bertz CT molecular complexity index is 1410. The van der Waals surface area contributed by atoms with E-state index in [1.54, 1.807) is 6.07 Å². The van der Waals surface area contributed by atoms with E-state index in [4.69, 9.17) is 0 Å². The van der Waals surface area contributed by atoms with E-state index < -0.39 is 0 Å². The third kappa shape index (κ3) is 3.96. The third-order valence-corrected chi connectivity index (χ3v) is 7.54. The zero-order valence-corrected chi connectivity index (χ0v) is 19.8. The molecule has 2 aliphatic rings. The molecular formula is C30H28FN3O. The van der Waals surface area contributed by atoms with E-state index in [1.165, 1.54) is 22.8 Å². The first-order valence-corrected chi connectivity index (χ1v) is 12.3. The summed E-state index contributed by atoms with van der Waals surface area (Å²) in [6.07, 6.45) is 0.824. The van der Waals surface area contributed by atoms with E-state index in [1.807, 2.05) is 30.3 Å². The van der Waals surface area contributed by atoms with Gasteiger partial charge in [-0.2, -0.15) is 0 Å². The molecule has 1 atom stereocenters. The van der Waals surface area contributed by atoms with Gasteiger partial charge in [-0.05, 0) is 59.7 Å². The molecule has 2 heterocycles. The summed E-state index contributed by atoms with van der Waals surface area (Å²) < 4.78 is 14.2. The number of hydrogen-bond donors (Lipinski definition) is 1. The van der Waals surface area contributed by atoms with Crippen LogP contribution in [0.3, 0.4) is 0 Å². The highest BCUT2D eigenvalue weighted by atomic mass is 19.1. The van der Waals surface area contributed by atoms with Crippen LogP contribution >= 0.6 is 0 Å². The molecule has 6 rings (SSSR count). The number of halogens is 1. The van der Waals surface area contributed by atoms with Crippen molar-refractivity contribution in [1.29, 1.82) is 0 Å². The molecule has 4 aromatic carbocycles. The molecule has 0 aromatic heterocycles. The summed E-state index contributed by atoms with van der Waals surface area (Å²) in [5, 5.41) is 5.14. The number of rotatable bonds is 5. The Balaban J connectivity index is 1.14. The van der Waals surface area contributed by atoms with Gasteiger partial charge >= 0.3 is 0 Å². The second-order valence-electron chi connectivity index (χ2n) is 9.52. The first-order chi connectivity index (χ1) is 17.1. The molecule has 1 saturated heterocycles.